The van der Waals surface area contributed by atoms with E-state index in [9.17, 15) is 5.11 Å². The Labute approximate surface area is 124 Å². The maximum absolute atomic E-state index is 9.66. The van der Waals surface area contributed by atoms with E-state index in [1.807, 2.05) is 48.3 Å². The topological polar surface area (TPSA) is 36.4 Å². The second kappa shape index (κ2) is 6.25. The smallest absolute Gasteiger partial charge is 0.129 e. The quantitative estimate of drug-likeness (QED) is 0.925. The number of aliphatic hydroxyl groups is 1. The molecule has 2 aromatic rings. The van der Waals surface area contributed by atoms with Gasteiger partial charge in [-0.15, -0.1) is 0 Å². The number of hydrogen-bond donors (Lipinski definition) is 1. The Morgan fingerprint density at radius 3 is 2.55 bits per heavy atom. The Morgan fingerprint density at radius 1 is 1.20 bits per heavy atom. The van der Waals surface area contributed by atoms with Gasteiger partial charge in [0.25, 0.3) is 0 Å². The van der Waals surface area contributed by atoms with E-state index in [0.29, 0.717) is 0 Å². The zero-order valence-electron chi connectivity index (χ0n) is 11.9. The van der Waals surface area contributed by atoms with Crippen LogP contribution in [0.1, 0.15) is 37.1 Å². The van der Waals surface area contributed by atoms with Crippen molar-refractivity contribution >= 4 is 17.4 Å². The summed E-state index contributed by atoms with van der Waals surface area (Å²) in [5.74, 6) is 0.816. The van der Waals surface area contributed by atoms with Gasteiger partial charge in [-0.3, -0.25) is 0 Å². The summed E-state index contributed by atoms with van der Waals surface area (Å²) in [4.78, 5) is 6.42. The fourth-order valence-electron chi connectivity index (χ4n) is 2.11. The lowest BCUT2D eigenvalue weighted by atomic mass is 10.1. The molecule has 0 saturated carbocycles. The fourth-order valence-corrected chi connectivity index (χ4v) is 2.40. The number of rotatable bonds is 4. The summed E-state index contributed by atoms with van der Waals surface area (Å²) in [6.07, 6.45) is 1.22. The van der Waals surface area contributed by atoms with Gasteiger partial charge in [-0.05, 0) is 43.2 Å². The number of hydrogen-bond acceptors (Lipinski definition) is 3. The number of pyridine rings is 1. The van der Waals surface area contributed by atoms with Crippen molar-refractivity contribution in [1.29, 1.82) is 0 Å². The number of aliphatic hydroxyl groups excluding tert-OH is 1. The van der Waals surface area contributed by atoms with Crippen LogP contribution >= 0.6 is 11.6 Å². The second-order valence-corrected chi connectivity index (χ2v) is 5.34. The van der Waals surface area contributed by atoms with Gasteiger partial charge in [0, 0.05) is 18.3 Å². The summed E-state index contributed by atoms with van der Waals surface area (Å²) < 4.78 is 0. The van der Waals surface area contributed by atoms with Gasteiger partial charge in [0.05, 0.1) is 12.1 Å². The minimum Gasteiger partial charge on any atom is -0.389 e. The van der Waals surface area contributed by atoms with Crippen molar-refractivity contribution in [2.75, 3.05) is 11.9 Å². The van der Waals surface area contributed by atoms with E-state index < -0.39 is 6.10 Å². The molecule has 1 aromatic heterocycles. The molecule has 1 aromatic carbocycles. The van der Waals surface area contributed by atoms with Gasteiger partial charge in [0.2, 0.25) is 0 Å². The number of anilines is 1. The SMILES string of the molecule is CC(c1ccccc1Cl)N(C)c1cc([C@@H](C)O)ccn1. The highest BCUT2D eigenvalue weighted by Crippen LogP contribution is 2.29. The van der Waals surface area contributed by atoms with Crippen LogP contribution in [0.3, 0.4) is 0 Å². The Kier molecular flexibility index (Phi) is 4.63. The van der Waals surface area contributed by atoms with Crippen LogP contribution in [0.5, 0.6) is 0 Å². The van der Waals surface area contributed by atoms with Gasteiger partial charge in [-0.2, -0.15) is 0 Å². The van der Waals surface area contributed by atoms with E-state index in [2.05, 4.69) is 11.9 Å². The predicted octanol–water partition coefficient (Wildman–Crippen LogP) is 3.99. The van der Waals surface area contributed by atoms with Crippen molar-refractivity contribution in [3.05, 3.63) is 58.7 Å². The molecule has 1 unspecified atom stereocenters. The normalized spacial score (nSPS) is 13.8. The van der Waals surface area contributed by atoms with Crippen molar-refractivity contribution in [2.45, 2.75) is 26.0 Å². The molecule has 106 valence electrons. The lowest BCUT2D eigenvalue weighted by Crippen LogP contribution is -2.23. The zero-order valence-corrected chi connectivity index (χ0v) is 12.7. The first kappa shape index (κ1) is 14.8. The summed E-state index contributed by atoms with van der Waals surface area (Å²) in [6, 6.07) is 11.6. The first-order valence-electron chi connectivity index (χ1n) is 6.62. The van der Waals surface area contributed by atoms with Crippen molar-refractivity contribution < 1.29 is 5.11 Å². The minimum absolute atomic E-state index is 0.0976. The molecule has 0 spiro atoms. The van der Waals surface area contributed by atoms with Crippen molar-refractivity contribution in [2.24, 2.45) is 0 Å². The highest BCUT2D eigenvalue weighted by molar-refractivity contribution is 6.31. The van der Waals surface area contributed by atoms with E-state index in [1.54, 1.807) is 13.1 Å². The number of nitrogens with zero attached hydrogens (tertiary/aromatic N) is 2. The number of halogens is 1. The van der Waals surface area contributed by atoms with Gasteiger partial charge in [0.15, 0.2) is 0 Å². The van der Waals surface area contributed by atoms with Gasteiger partial charge in [0.1, 0.15) is 5.82 Å². The van der Waals surface area contributed by atoms with Crippen molar-refractivity contribution in [1.82, 2.24) is 4.98 Å². The molecule has 0 radical (unpaired) electrons. The second-order valence-electron chi connectivity index (χ2n) is 4.93. The first-order chi connectivity index (χ1) is 9.50. The van der Waals surface area contributed by atoms with Crippen molar-refractivity contribution in [3.8, 4) is 0 Å². The predicted molar refractivity (Wildman–Crippen MR) is 83.1 cm³/mol. The Bertz CT molecular complexity index is 586. The Morgan fingerprint density at radius 2 is 1.90 bits per heavy atom. The molecule has 20 heavy (non-hydrogen) atoms. The van der Waals surface area contributed by atoms with E-state index >= 15 is 0 Å². The molecule has 0 saturated heterocycles. The first-order valence-corrected chi connectivity index (χ1v) is 6.99. The molecule has 2 atom stereocenters. The minimum atomic E-state index is -0.499. The summed E-state index contributed by atoms with van der Waals surface area (Å²) in [5.41, 5.74) is 1.91. The van der Waals surface area contributed by atoms with Gasteiger partial charge < -0.3 is 10.0 Å². The molecule has 0 fully saturated rings. The van der Waals surface area contributed by atoms with Crippen molar-refractivity contribution in [3.63, 3.8) is 0 Å². The maximum atomic E-state index is 9.66. The number of aromatic nitrogens is 1. The molecule has 2 rings (SSSR count). The van der Waals surface area contributed by atoms with Crippen LogP contribution in [0.15, 0.2) is 42.6 Å². The van der Waals surface area contributed by atoms with Gasteiger partial charge in [-0.25, -0.2) is 4.98 Å². The molecule has 0 aliphatic carbocycles. The monoisotopic (exact) mass is 290 g/mol. The molecule has 0 aliphatic rings. The lowest BCUT2D eigenvalue weighted by molar-refractivity contribution is 0.199. The van der Waals surface area contributed by atoms with E-state index in [4.69, 9.17) is 11.6 Å². The molecule has 0 bridgehead atoms. The third-order valence-electron chi connectivity index (χ3n) is 3.55. The molecule has 4 heteroatoms. The summed E-state index contributed by atoms with van der Waals surface area (Å²) in [5, 5.41) is 10.4. The van der Waals surface area contributed by atoms with Crippen LogP contribution in [0.2, 0.25) is 5.02 Å². The average molecular weight is 291 g/mol. The highest BCUT2D eigenvalue weighted by atomic mass is 35.5. The van der Waals surface area contributed by atoms with E-state index in [0.717, 1.165) is 22.0 Å². The number of benzene rings is 1. The third-order valence-corrected chi connectivity index (χ3v) is 3.89. The zero-order chi connectivity index (χ0) is 14.7. The molecular formula is C16H19ClN2O. The third kappa shape index (κ3) is 3.11. The van der Waals surface area contributed by atoms with Crippen LogP contribution in [-0.2, 0) is 0 Å². The molecule has 3 nitrogen and oxygen atoms in total. The fraction of sp³-hybridized carbons (Fsp3) is 0.312. The lowest BCUT2D eigenvalue weighted by Gasteiger charge is -2.27. The summed E-state index contributed by atoms with van der Waals surface area (Å²) in [6.45, 7) is 3.83. The van der Waals surface area contributed by atoms with Crippen LogP contribution in [-0.4, -0.2) is 17.1 Å². The van der Waals surface area contributed by atoms with Crippen LogP contribution in [0.4, 0.5) is 5.82 Å². The largest absolute Gasteiger partial charge is 0.389 e. The van der Waals surface area contributed by atoms with E-state index in [1.165, 1.54) is 0 Å². The molecule has 0 aliphatic heterocycles. The highest BCUT2D eigenvalue weighted by Gasteiger charge is 2.16. The van der Waals surface area contributed by atoms with Crippen LogP contribution in [0, 0.1) is 0 Å². The maximum Gasteiger partial charge on any atom is 0.129 e. The standard InChI is InChI=1S/C16H19ClN2O/c1-11(14-6-4-5-7-15(14)17)19(3)16-10-13(12(2)20)8-9-18-16/h4-12,20H,1-3H3/t11?,12-/m1/s1. The average Bonchev–Trinajstić information content (AvgIpc) is 2.46. The van der Waals surface area contributed by atoms with Gasteiger partial charge in [-0.1, -0.05) is 29.8 Å². The van der Waals surface area contributed by atoms with Crippen LogP contribution in [0.25, 0.3) is 0 Å². The Hall–Kier alpha value is -1.58. The molecule has 0 amide bonds. The molecule has 1 N–H and O–H groups in total. The van der Waals surface area contributed by atoms with Crippen LogP contribution < -0.4 is 4.90 Å². The van der Waals surface area contributed by atoms with E-state index in [-0.39, 0.29) is 6.04 Å². The summed E-state index contributed by atoms with van der Waals surface area (Å²) >= 11 is 6.25. The molecule has 1 heterocycles. The summed E-state index contributed by atoms with van der Waals surface area (Å²) in [7, 11) is 1.97. The van der Waals surface area contributed by atoms with Gasteiger partial charge >= 0.3 is 0 Å². The Balaban J connectivity index is 2.29. The molecular weight excluding hydrogens is 272 g/mol.